The van der Waals surface area contributed by atoms with Crippen LogP contribution in [0, 0.1) is 10.7 Å². The summed E-state index contributed by atoms with van der Waals surface area (Å²) in [6.45, 7) is 0. The molecule has 0 heterocycles. The first-order chi connectivity index (χ1) is 4.93. The van der Waals surface area contributed by atoms with Crippen LogP contribution in [0.1, 0.15) is 0 Å². The zero-order valence-corrected chi connectivity index (χ0v) is 7.06. The smallest absolute Gasteiger partial charge is 0.137 e. The first-order valence-electron chi connectivity index (χ1n) is 2.79. The van der Waals surface area contributed by atoms with Crippen molar-refractivity contribution in [3.63, 3.8) is 0 Å². The van der Waals surface area contributed by atoms with Crippen molar-refractivity contribution >= 4 is 24.5 Å². The molecule has 0 saturated carbocycles. The molecule has 0 aliphatic rings. The second kappa shape index (κ2) is 4.33. The second-order valence-corrected chi connectivity index (χ2v) is 4.05. The first-order valence-corrected chi connectivity index (χ1v) is 5.33. The largest absolute Gasteiger partial charge is 0.185 e. The maximum absolute atomic E-state index is 8.25. The number of hydrogen-bond donors (Lipinski definition) is 0. The van der Waals surface area contributed by atoms with Gasteiger partial charge in [-0.05, 0) is 24.5 Å². The van der Waals surface area contributed by atoms with Crippen molar-refractivity contribution < 1.29 is 0 Å². The molecule has 1 nitrogen and oxygen atoms in total. The predicted octanol–water partition coefficient (Wildman–Crippen LogP) is 2.12. The van der Waals surface area contributed by atoms with Gasteiger partial charge in [0.2, 0.25) is 0 Å². The van der Waals surface area contributed by atoms with Gasteiger partial charge in [-0.25, -0.2) is 0 Å². The molecule has 0 N–H and O–H groups in total. The summed E-state index contributed by atoms with van der Waals surface area (Å²) in [6.07, 6.45) is 0. The van der Waals surface area contributed by atoms with Crippen LogP contribution in [0.5, 0.6) is 0 Å². The van der Waals surface area contributed by atoms with E-state index in [0.717, 1.165) is 0 Å². The number of benzene rings is 1. The highest BCUT2D eigenvalue weighted by molar-refractivity contribution is 8.53. The highest BCUT2D eigenvalue weighted by Gasteiger charge is 1.87. The lowest BCUT2D eigenvalue weighted by Gasteiger charge is -1.92. The molecule has 1 aromatic rings. The Kier molecular flexibility index (Phi) is 3.29. The van der Waals surface area contributed by atoms with Crippen LogP contribution in [0.25, 0.3) is 0 Å². The molecule has 0 spiro atoms. The minimum Gasteiger partial charge on any atom is -0.185 e. The Labute approximate surface area is 66.0 Å². The summed E-state index contributed by atoms with van der Waals surface area (Å²) in [6, 6.07) is 10.0. The van der Waals surface area contributed by atoms with E-state index in [1.165, 1.54) is 16.7 Å². The van der Waals surface area contributed by atoms with E-state index in [0.29, 0.717) is 7.78 Å². The van der Waals surface area contributed by atoms with Crippen LogP contribution in [0.4, 0.5) is 0 Å². The fourth-order valence-electron chi connectivity index (χ4n) is 0.588. The van der Waals surface area contributed by atoms with Gasteiger partial charge in [-0.3, -0.25) is 0 Å². The maximum Gasteiger partial charge on any atom is 0.137 e. The van der Waals surface area contributed by atoms with E-state index in [9.17, 15) is 0 Å². The minimum absolute atomic E-state index is 0.560. The van der Waals surface area contributed by atoms with Gasteiger partial charge in [-0.15, -0.1) is 0 Å². The highest BCUT2D eigenvalue weighted by atomic mass is 32.7. The Balaban J connectivity index is 2.52. The van der Waals surface area contributed by atoms with E-state index in [1.54, 1.807) is 0 Å². The van der Waals surface area contributed by atoms with Crippen LogP contribution in [0.3, 0.4) is 0 Å². The summed E-state index contributed by atoms with van der Waals surface area (Å²) >= 11 is 1.29. The average Bonchev–Trinajstić information content (AvgIpc) is 2.03. The number of thiocyanates is 1. The molecule has 1 aromatic carbocycles. The predicted molar refractivity (Wildman–Crippen MR) is 47.6 cm³/mol. The molecule has 3 heteroatoms. The molecule has 10 heavy (non-hydrogen) atoms. The molecule has 0 aliphatic carbocycles. The minimum atomic E-state index is 0.560. The normalized spacial score (nSPS) is 9.90. The van der Waals surface area contributed by atoms with Crippen LogP contribution >= 0.6 is 19.2 Å². The topological polar surface area (TPSA) is 23.8 Å². The molecule has 50 valence electrons. The second-order valence-electron chi connectivity index (χ2n) is 1.66. The molecule has 1 rings (SSSR count). The van der Waals surface area contributed by atoms with Crippen molar-refractivity contribution in [3.8, 4) is 5.40 Å². The number of nitriles is 1. The Morgan fingerprint density at radius 2 is 2.00 bits per heavy atom. The molecule has 0 aromatic heterocycles. The number of rotatable bonds is 2. The van der Waals surface area contributed by atoms with Crippen LogP contribution in [-0.2, 0) is 0 Å². The van der Waals surface area contributed by atoms with Crippen LogP contribution in [-0.4, -0.2) is 0 Å². The fraction of sp³-hybridized carbons (Fsp3) is 0. The summed E-state index contributed by atoms with van der Waals surface area (Å²) < 4.78 is 0. The van der Waals surface area contributed by atoms with E-state index in [1.807, 2.05) is 35.7 Å². The molecular formula is C7H6NPS. The summed E-state index contributed by atoms with van der Waals surface area (Å²) in [5.41, 5.74) is 0. The van der Waals surface area contributed by atoms with E-state index < -0.39 is 0 Å². The third kappa shape index (κ3) is 2.39. The quantitative estimate of drug-likeness (QED) is 0.497. The number of hydrogen-bond acceptors (Lipinski definition) is 2. The van der Waals surface area contributed by atoms with Gasteiger partial charge >= 0.3 is 0 Å². The van der Waals surface area contributed by atoms with Gasteiger partial charge < -0.3 is 0 Å². The average molecular weight is 167 g/mol. The molecule has 1 unspecified atom stereocenters. The van der Waals surface area contributed by atoms with E-state index in [2.05, 4.69) is 0 Å². The Bertz CT molecular complexity index is 229. The molecule has 0 amide bonds. The zero-order chi connectivity index (χ0) is 7.23. The Morgan fingerprint density at radius 3 is 2.60 bits per heavy atom. The first kappa shape index (κ1) is 7.60. The van der Waals surface area contributed by atoms with Crippen LogP contribution in [0.15, 0.2) is 30.3 Å². The monoisotopic (exact) mass is 167 g/mol. The highest BCUT2D eigenvalue weighted by Crippen LogP contribution is 2.26. The van der Waals surface area contributed by atoms with Gasteiger partial charge in [0, 0.05) is 0 Å². The van der Waals surface area contributed by atoms with E-state index in [4.69, 9.17) is 5.26 Å². The van der Waals surface area contributed by atoms with Crippen molar-refractivity contribution in [2.24, 2.45) is 0 Å². The maximum atomic E-state index is 8.25. The van der Waals surface area contributed by atoms with Crippen molar-refractivity contribution in [3.05, 3.63) is 30.3 Å². The third-order valence-electron chi connectivity index (χ3n) is 0.988. The fourth-order valence-corrected chi connectivity index (χ4v) is 1.98. The van der Waals surface area contributed by atoms with Crippen molar-refractivity contribution in [1.82, 2.24) is 0 Å². The molecule has 1 atom stereocenters. The van der Waals surface area contributed by atoms with Crippen LogP contribution < -0.4 is 5.30 Å². The van der Waals surface area contributed by atoms with Crippen molar-refractivity contribution in [2.75, 3.05) is 0 Å². The zero-order valence-electron chi connectivity index (χ0n) is 5.24. The molecule has 0 aliphatic heterocycles. The molecule has 0 radical (unpaired) electrons. The third-order valence-corrected chi connectivity index (χ3v) is 3.04. The standard InChI is InChI=1S/C7H6NPS/c8-6-10-9-7-4-2-1-3-5-7/h1-5,9H. The molecule has 0 bridgehead atoms. The van der Waals surface area contributed by atoms with Gasteiger partial charge in [0.15, 0.2) is 0 Å². The molecular weight excluding hydrogens is 161 g/mol. The van der Waals surface area contributed by atoms with Gasteiger partial charge in [-0.1, -0.05) is 30.3 Å². The lowest BCUT2D eigenvalue weighted by atomic mass is 10.4. The summed E-state index contributed by atoms with van der Waals surface area (Å²) in [5.74, 6) is 0. The van der Waals surface area contributed by atoms with Crippen LogP contribution in [0.2, 0.25) is 0 Å². The summed E-state index contributed by atoms with van der Waals surface area (Å²) in [4.78, 5) is 0. The van der Waals surface area contributed by atoms with Crippen molar-refractivity contribution in [2.45, 2.75) is 0 Å². The summed E-state index contributed by atoms with van der Waals surface area (Å²) in [7, 11) is 0.560. The SMILES string of the molecule is N#CSPc1ccccc1. The van der Waals surface area contributed by atoms with Crippen molar-refractivity contribution in [1.29, 1.82) is 5.26 Å². The Morgan fingerprint density at radius 1 is 1.30 bits per heavy atom. The number of nitrogens with zero attached hydrogens (tertiary/aromatic N) is 1. The summed E-state index contributed by atoms with van der Waals surface area (Å²) in [5, 5.41) is 11.5. The Hall–Kier alpha value is -0.510. The van der Waals surface area contributed by atoms with Gasteiger partial charge in [0.1, 0.15) is 5.40 Å². The lowest BCUT2D eigenvalue weighted by Crippen LogP contribution is -1.86. The lowest BCUT2D eigenvalue weighted by molar-refractivity contribution is 1.57. The molecule has 0 fully saturated rings. The van der Waals surface area contributed by atoms with E-state index in [-0.39, 0.29) is 0 Å². The van der Waals surface area contributed by atoms with E-state index >= 15 is 0 Å². The van der Waals surface area contributed by atoms with Gasteiger partial charge in [0.05, 0.1) is 0 Å². The molecule has 0 saturated heterocycles. The van der Waals surface area contributed by atoms with Gasteiger partial charge in [0.25, 0.3) is 0 Å². The van der Waals surface area contributed by atoms with Gasteiger partial charge in [-0.2, -0.15) is 5.26 Å².